The van der Waals surface area contributed by atoms with Crippen LogP contribution in [0.3, 0.4) is 0 Å². The van der Waals surface area contributed by atoms with Crippen molar-refractivity contribution in [2.45, 2.75) is 19.8 Å². The first-order valence-corrected chi connectivity index (χ1v) is 6.94. The number of aromatic nitrogens is 2. The third-order valence-corrected chi connectivity index (χ3v) is 3.11. The van der Waals surface area contributed by atoms with Crippen molar-refractivity contribution < 1.29 is 14.7 Å². The number of carboxylic acids is 1. The Kier molecular flexibility index (Phi) is 5.13. The van der Waals surface area contributed by atoms with Gasteiger partial charge in [-0.15, -0.1) is 0 Å². The van der Waals surface area contributed by atoms with Gasteiger partial charge in [0.15, 0.2) is 0 Å². The molecule has 0 aliphatic heterocycles. The summed E-state index contributed by atoms with van der Waals surface area (Å²) in [7, 11) is 0. The van der Waals surface area contributed by atoms with E-state index in [1.807, 2.05) is 37.3 Å². The smallest absolute Gasteiger partial charge is 0.319 e. The highest BCUT2D eigenvalue weighted by Gasteiger charge is 2.10. The lowest BCUT2D eigenvalue weighted by Gasteiger charge is -2.07. The van der Waals surface area contributed by atoms with E-state index in [9.17, 15) is 9.59 Å². The van der Waals surface area contributed by atoms with E-state index in [4.69, 9.17) is 5.11 Å². The van der Waals surface area contributed by atoms with E-state index in [-0.39, 0.29) is 12.5 Å². The number of nitrogens with one attached hydrogen (secondary N) is 2. The summed E-state index contributed by atoms with van der Waals surface area (Å²) in [5.74, 6) is -0.873. The third kappa shape index (κ3) is 4.08. The molecule has 2 amide bonds. The highest BCUT2D eigenvalue weighted by atomic mass is 16.4. The van der Waals surface area contributed by atoms with Crippen LogP contribution in [-0.4, -0.2) is 33.4 Å². The lowest BCUT2D eigenvalue weighted by atomic mass is 10.3. The minimum Gasteiger partial charge on any atom is -0.481 e. The van der Waals surface area contributed by atoms with E-state index in [1.165, 1.54) is 0 Å². The van der Waals surface area contributed by atoms with E-state index in [1.54, 1.807) is 10.9 Å². The maximum Gasteiger partial charge on any atom is 0.319 e. The number of rotatable bonds is 6. The second-order valence-electron chi connectivity index (χ2n) is 4.77. The normalized spacial score (nSPS) is 10.2. The number of amides is 2. The fraction of sp³-hybridized carbons (Fsp3) is 0.267. The Hall–Kier alpha value is -2.83. The predicted molar refractivity (Wildman–Crippen MR) is 82.2 cm³/mol. The zero-order chi connectivity index (χ0) is 15.9. The van der Waals surface area contributed by atoms with Crippen LogP contribution in [0.15, 0.2) is 36.5 Å². The Labute approximate surface area is 128 Å². The molecule has 1 aromatic heterocycles. The number of hydrogen-bond acceptors (Lipinski definition) is 3. The van der Waals surface area contributed by atoms with Crippen LogP contribution in [0.5, 0.6) is 0 Å². The molecule has 0 spiro atoms. The second kappa shape index (κ2) is 7.26. The first-order valence-electron chi connectivity index (χ1n) is 6.94. The number of nitrogens with zero attached hydrogens (tertiary/aromatic N) is 2. The molecule has 0 atom stereocenters. The first-order chi connectivity index (χ1) is 10.6. The van der Waals surface area contributed by atoms with E-state index in [0.29, 0.717) is 18.7 Å². The highest BCUT2D eigenvalue weighted by Crippen LogP contribution is 2.17. The van der Waals surface area contributed by atoms with Gasteiger partial charge in [-0.05, 0) is 25.5 Å². The van der Waals surface area contributed by atoms with Crippen LogP contribution in [0.4, 0.5) is 10.5 Å². The van der Waals surface area contributed by atoms with Crippen LogP contribution in [-0.2, 0) is 4.79 Å². The average molecular weight is 302 g/mol. The van der Waals surface area contributed by atoms with Crippen LogP contribution in [0, 0.1) is 6.92 Å². The lowest BCUT2D eigenvalue weighted by Crippen LogP contribution is -2.29. The Balaban J connectivity index is 1.92. The average Bonchev–Trinajstić information content (AvgIpc) is 2.85. The van der Waals surface area contributed by atoms with Crippen LogP contribution in [0.1, 0.15) is 18.5 Å². The molecule has 2 aromatic rings. The number of aliphatic carboxylic acids is 1. The van der Waals surface area contributed by atoms with Crippen molar-refractivity contribution in [3.8, 4) is 5.69 Å². The zero-order valence-corrected chi connectivity index (χ0v) is 12.2. The van der Waals surface area contributed by atoms with Crippen molar-refractivity contribution in [2.24, 2.45) is 0 Å². The van der Waals surface area contributed by atoms with Gasteiger partial charge in [-0.3, -0.25) is 4.79 Å². The molecule has 1 aromatic carbocycles. The molecule has 3 N–H and O–H groups in total. The molecule has 2 rings (SSSR count). The number of carboxylic acid groups (broad SMARTS) is 1. The molecule has 0 aliphatic carbocycles. The Morgan fingerprint density at radius 2 is 2.00 bits per heavy atom. The summed E-state index contributed by atoms with van der Waals surface area (Å²) in [5, 5.41) is 18.1. The second-order valence-corrected chi connectivity index (χ2v) is 4.77. The van der Waals surface area contributed by atoms with Crippen molar-refractivity contribution in [2.75, 3.05) is 11.9 Å². The molecule has 0 radical (unpaired) electrons. The van der Waals surface area contributed by atoms with Crippen molar-refractivity contribution in [1.29, 1.82) is 0 Å². The third-order valence-electron chi connectivity index (χ3n) is 3.11. The molecule has 0 fully saturated rings. The monoisotopic (exact) mass is 302 g/mol. The van der Waals surface area contributed by atoms with Crippen molar-refractivity contribution >= 4 is 17.7 Å². The SMILES string of the molecule is Cc1c(NC(=O)NCCCC(=O)O)cnn1-c1ccccc1. The quantitative estimate of drug-likeness (QED) is 0.712. The number of para-hydroxylation sites is 1. The summed E-state index contributed by atoms with van der Waals surface area (Å²) in [5.41, 5.74) is 2.33. The number of anilines is 1. The minimum atomic E-state index is -0.873. The van der Waals surface area contributed by atoms with Gasteiger partial charge >= 0.3 is 12.0 Å². The van der Waals surface area contributed by atoms with Crippen LogP contribution < -0.4 is 10.6 Å². The van der Waals surface area contributed by atoms with Gasteiger partial charge in [-0.1, -0.05) is 18.2 Å². The standard InChI is InChI=1S/C15H18N4O3/c1-11-13(18-15(22)16-9-5-8-14(20)21)10-17-19(11)12-6-3-2-4-7-12/h2-4,6-7,10H,5,8-9H2,1H3,(H,20,21)(H2,16,18,22). The summed E-state index contributed by atoms with van der Waals surface area (Å²) in [6.45, 7) is 2.17. The number of carbonyl (C=O) groups excluding carboxylic acids is 1. The van der Waals surface area contributed by atoms with Crippen LogP contribution in [0.25, 0.3) is 5.69 Å². The topological polar surface area (TPSA) is 96.2 Å². The van der Waals surface area contributed by atoms with Gasteiger partial charge in [0.1, 0.15) is 0 Å². The lowest BCUT2D eigenvalue weighted by molar-refractivity contribution is -0.137. The van der Waals surface area contributed by atoms with E-state index in [2.05, 4.69) is 15.7 Å². The molecular formula is C15H18N4O3. The van der Waals surface area contributed by atoms with Crippen molar-refractivity contribution in [3.05, 3.63) is 42.2 Å². The maximum atomic E-state index is 11.7. The predicted octanol–water partition coefficient (Wildman–Crippen LogP) is 2.17. The van der Waals surface area contributed by atoms with E-state index >= 15 is 0 Å². The minimum absolute atomic E-state index is 0.0330. The molecule has 22 heavy (non-hydrogen) atoms. The fourth-order valence-corrected chi connectivity index (χ4v) is 1.97. The van der Waals surface area contributed by atoms with Crippen LogP contribution >= 0.6 is 0 Å². The summed E-state index contributed by atoms with van der Waals surface area (Å²) < 4.78 is 1.74. The first kappa shape index (κ1) is 15.6. The van der Waals surface area contributed by atoms with Gasteiger partial charge in [0.05, 0.1) is 23.3 Å². The van der Waals surface area contributed by atoms with E-state index < -0.39 is 5.97 Å². The Morgan fingerprint density at radius 1 is 1.27 bits per heavy atom. The van der Waals surface area contributed by atoms with Gasteiger partial charge in [0.25, 0.3) is 0 Å². The number of hydrogen-bond donors (Lipinski definition) is 3. The molecule has 0 aliphatic rings. The van der Waals surface area contributed by atoms with Gasteiger partial charge < -0.3 is 15.7 Å². The Bertz CT molecular complexity index is 652. The van der Waals surface area contributed by atoms with Gasteiger partial charge in [-0.2, -0.15) is 5.10 Å². The van der Waals surface area contributed by atoms with E-state index in [0.717, 1.165) is 11.4 Å². The summed E-state index contributed by atoms with van der Waals surface area (Å²) in [6, 6.07) is 9.23. The molecule has 116 valence electrons. The van der Waals surface area contributed by atoms with Gasteiger partial charge in [0.2, 0.25) is 0 Å². The summed E-state index contributed by atoms with van der Waals surface area (Å²) in [6.07, 6.45) is 2.01. The van der Waals surface area contributed by atoms with Crippen LogP contribution in [0.2, 0.25) is 0 Å². The molecule has 0 saturated heterocycles. The fourth-order valence-electron chi connectivity index (χ4n) is 1.97. The number of benzene rings is 1. The summed E-state index contributed by atoms with van der Waals surface area (Å²) >= 11 is 0. The van der Waals surface area contributed by atoms with Gasteiger partial charge in [0, 0.05) is 13.0 Å². The number of urea groups is 1. The largest absolute Gasteiger partial charge is 0.481 e. The highest BCUT2D eigenvalue weighted by molar-refractivity contribution is 5.89. The van der Waals surface area contributed by atoms with Crippen molar-refractivity contribution in [1.82, 2.24) is 15.1 Å². The molecule has 0 saturated carbocycles. The molecule has 1 heterocycles. The van der Waals surface area contributed by atoms with Crippen molar-refractivity contribution in [3.63, 3.8) is 0 Å². The zero-order valence-electron chi connectivity index (χ0n) is 12.2. The maximum absolute atomic E-state index is 11.7. The van der Waals surface area contributed by atoms with Gasteiger partial charge in [-0.25, -0.2) is 9.48 Å². The molecule has 0 unspecified atom stereocenters. The molecule has 7 heteroatoms. The summed E-state index contributed by atoms with van der Waals surface area (Å²) in [4.78, 5) is 22.1. The molecule has 7 nitrogen and oxygen atoms in total. The Morgan fingerprint density at radius 3 is 2.68 bits per heavy atom. The number of carbonyl (C=O) groups is 2. The molecule has 0 bridgehead atoms. The molecular weight excluding hydrogens is 284 g/mol.